The van der Waals surface area contributed by atoms with Crippen LogP contribution < -0.4 is 0 Å². The molecule has 1 unspecified atom stereocenters. The number of hydrogen-bond acceptors (Lipinski definition) is 1. The number of aliphatic hydroxyl groups is 1. The Kier molecular flexibility index (Phi) is 19.4. The zero-order chi connectivity index (χ0) is 16.3. The first-order valence-corrected chi connectivity index (χ1v) is 10.8. The Morgan fingerprint density at radius 3 is 1.77 bits per heavy atom. The summed E-state index contributed by atoms with van der Waals surface area (Å²) in [6, 6.07) is 0. The Balaban J connectivity index is 3.12. The molecule has 0 aromatic heterocycles. The van der Waals surface area contributed by atoms with Gasteiger partial charge in [-0.2, -0.15) is 0 Å². The van der Waals surface area contributed by atoms with Gasteiger partial charge in [-0.3, -0.25) is 0 Å². The summed E-state index contributed by atoms with van der Waals surface area (Å²) in [6.07, 6.45) is 23.6. The molecule has 2 heteroatoms. The maximum Gasteiger partial charge on any atom is 0.0720 e. The van der Waals surface area contributed by atoms with E-state index in [9.17, 15) is 5.11 Å². The van der Waals surface area contributed by atoms with Crippen LogP contribution in [0.25, 0.3) is 0 Å². The van der Waals surface area contributed by atoms with Gasteiger partial charge >= 0.3 is 0 Å². The van der Waals surface area contributed by atoms with E-state index in [4.69, 9.17) is 0 Å². The second-order valence-electron chi connectivity index (χ2n) is 6.50. The van der Waals surface area contributed by atoms with Gasteiger partial charge in [-0.15, -0.1) is 0 Å². The van der Waals surface area contributed by atoms with E-state index < -0.39 is 0 Å². The molecule has 0 aliphatic rings. The fourth-order valence-electron chi connectivity index (χ4n) is 2.71. The minimum absolute atomic E-state index is 0.213. The van der Waals surface area contributed by atoms with Crippen molar-refractivity contribution < 1.29 is 5.11 Å². The highest BCUT2D eigenvalue weighted by Gasteiger charge is 1.96. The molecule has 1 nitrogen and oxygen atoms in total. The van der Waals surface area contributed by atoms with Crippen LogP contribution in [0.3, 0.4) is 0 Å². The first-order chi connectivity index (χ1) is 10.8. The van der Waals surface area contributed by atoms with Gasteiger partial charge in [-0.05, 0) is 25.7 Å². The molecule has 1 atom stereocenters. The van der Waals surface area contributed by atoms with Crippen LogP contribution >= 0.6 is 15.9 Å². The molecule has 132 valence electrons. The Morgan fingerprint density at radius 1 is 0.773 bits per heavy atom. The number of allylic oxidation sites excluding steroid dienone is 1. The van der Waals surface area contributed by atoms with Gasteiger partial charge in [0, 0.05) is 5.33 Å². The number of hydrogen-bond donors (Lipinski definition) is 1. The summed E-state index contributed by atoms with van der Waals surface area (Å²) in [5, 5.41) is 10.8. The normalized spacial score (nSPS) is 13.0. The summed E-state index contributed by atoms with van der Waals surface area (Å²) in [7, 11) is 0. The first-order valence-electron chi connectivity index (χ1n) is 9.72. The third-order valence-electron chi connectivity index (χ3n) is 4.22. The SMILES string of the molecule is CCCCC(O)C=CCCCCCCCCCCCCCBr. The van der Waals surface area contributed by atoms with Crippen LogP contribution in [-0.4, -0.2) is 16.5 Å². The monoisotopic (exact) mass is 374 g/mol. The lowest BCUT2D eigenvalue weighted by molar-refractivity contribution is 0.209. The van der Waals surface area contributed by atoms with Crippen LogP contribution in [0.2, 0.25) is 0 Å². The van der Waals surface area contributed by atoms with E-state index >= 15 is 0 Å². The lowest BCUT2D eigenvalue weighted by Gasteiger charge is -2.03. The van der Waals surface area contributed by atoms with Crippen molar-refractivity contribution >= 4 is 15.9 Å². The molecule has 0 radical (unpaired) electrons. The van der Waals surface area contributed by atoms with Crippen molar-refractivity contribution in [2.45, 2.75) is 109 Å². The van der Waals surface area contributed by atoms with Crippen LogP contribution in [0.1, 0.15) is 103 Å². The van der Waals surface area contributed by atoms with Crippen molar-refractivity contribution in [2.75, 3.05) is 5.33 Å². The molecule has 0 aliphatic heterocycles. The third-order valence-corrected chi connectivity index (χ3v) is 4.78. The van der Waals surface area contributed by atoms with Gasteiger partial charge in [0.25, 0.3) is 0 Å². The molecule has 0 fully saturated rings. The van der Waals surface area contributed by atoms with E-state index in [-0.39, 0.29) is 6.10 Å². The molecule has 1 N–H and O–H groups in total. The smallest absolute Gasteiger partial charge is 0.0720 e. The van der Waals surface area contributed by atoms with Gasteiger partial charge in [-0.1, -0.05) is 106 Å². The Morgan fingerprint density at radius 2 is 1.27 bits per heavy atom. The number of unbranched alkanes of at least 4 members (excludes halogenated alkanes) is 12. The van der Waals surface area contributed by atoms with E-state index in [0.717, 1.165) is 19.3 Å². The van der Waals surface area contributed by atoms with Crippen molar-refractivity contribution in [2.24, 2.45) is 0 Å². The molecule has 0 saturated heterocycles. The zero-order valence-corrected chi connectivity index (χ0v) is 16.5. The number of alkyl halides is 1. The Hall–Kier alpha value is 0.180. The van der Waals surface area contributed by atoms with Gasteiger partial charge in [0.15, 0.2) is 0 Å². The third kappa shape index (κ3) is 18.2. The van der Waals surface area contributed by atoms with E-state index in [1.807, 2.05) is 6.08 Å². The molecule has 22 heavy (non-hydrogen) atoms. The minimum Gasteiger partial charge on any atom is -0.389 e. The topological polar surface area (TPSA) is 20.2 Å². The summed E-state index contributed by atoms with van der Waals surface area (Å²) < 4.78 is 0. The van der Waals surface area contributed by atoms with E-state index in [1.54, 1.807) is 0 Å². The quantitative estimate of drug-likeness (QED) is 0.162. The molecule has 0 bridgehead atoms. The molecule has 0 aromatic carbocycles. The average molecular weight is 375 g/mol. The summed E-state index contributed by atoms with van der Waals surface area (Å²) >= 11 is 3.48. The van der Waals surface area contributed by atoms with Gasteiger partial charge in [0.2, 0.25) is 0 Å². The molecular weight excluding hydrogens is 336 g/mol. The summed E-state index contributed by atoms with van der Waals surface area (Å²) in [6.45, 7) is 2.17. The standard InChI is InChI=1S/C20H39BrO/c1-2-3-17-20(22)18-15-13-11-9-7-5-4-6-8-10-12-14-16-19-21/h15,18,20,22H,2-14,16-17,19H2,1H3. The molecule has 0 heterocycles. The van der Waals surface area contributed by atoms with Crippen LogP contribution in [0.15, 0.2) is 12.2 Å². The van der Waals surface area contributed by atoms with E-state index in [0.29, 0.717) is 0 Å². The number of halogens is 1. The van der Waals surface area contributed by atoms with Crippen molar-refractivity contribution in [3.05, 3.63) is 12.2 Å². The molecule has 0 rings (SSSR count). The van der Waals surface area contributed by atoms with Gasteiger partial charge in [0.05, 0.1) is 6.10 Å². The Labute approximate surface area is 148 Å². The molecule has 0 amide bonds. The lowest BCUT2D eigenvalue weighted by atomic mass is 10.0. The first kappa shape index (κ1) is 22.2. The average Bonchev–Trinajstić information content (AvgIpc) is 2.53. The van der Waals surface area contributed by atoms with Crippen molar-refractivity contribution in [1.29, 1.82) is 0 Å². The van der Waals surface area contributed by atoms with E-state index in [2.05, 4.69) is 28.9 Å². The highest BCUT2D eigenvalue weighted by Crippen LogP contribution is 2.12. The zero-order valence-electron chi connectivity index (χ0n) is 14.9. The largest absolute Gasteiger partial charge is 0.389 e. The highest BCUT2D eigenvalue weighted by atomic mass is 79.9. The van der Waals surface area contributed by atoms with Gasteiger partial charge < -0.3 is 5.11 Å². The molecule has 0 aliphatic carbocycles. The predicted molar refractivity (Wildman–Crippen MR) is 104 cm³/mol. The number of rotatable bonds is 17. The van der Waals surface area contributed by atoms with Crippen molar-refractivity contribution in [1.82, 2.24) is 0 Å². The molecule has 0 saturated carbocycles. The van der Waals surface area contributed by atoms with Gasteiger partial charge in [-0.25, -0.2) is 0 Å². The van der Waals surface area contributed by atoms with Crippen LogP contribution in [-0.2, 0) is 0 Å². The summed E-state index contributed by atoms with van der Waals surface area (Å²) in [5.74, 6) is 0. The second-order valence-corrected chi connectivity index (χ2v) is 7.30. The Bertz CT molecular complexity index is 228. The molecular formula is C20H39BrO. The summed E-state index contributed by atoms with van der Waals surface area (Å²) in [5.41, 5.74) is 0. The van der Waals surface area contributed by atoms with Crippen LogP contribution in [0.5, 0.6) is 0 Å². The van der Waals surface area contributed by atoms with Crippen LogP contribution in [0.4, 0.5) is 0 Å². The minimum atomic E-state index is -0.213. The maximum atomic E-state index is 9.68. The van der Waals surface area contributed by atoms with Gasteiger partial charge in [0.1, 0.15) is 0 Å². The highest BCUT2D eigenvalue weighted by molar-refractivity contribution is 9.09. The van der Waals surface area contributed by atoms with Crippen molar-refractivity contribution in [3.63, 3.8) is 0 Å². The lowest BCUT2D eigenvalue weighted by Crippen LogP contribution is -2.00. The second kappa shape index (κ2) is 19.2. The van der Waals surface area contributed by atoms with Crippen molar-refractivity contribution in [3.8, 4) is 0 Å². The fraction of sp³-hybridized carbons (Fsp3) is 0.900. The van der Waals surface area contributed by atoms with E-state index in [1.165, 1.54) is 82.4 Å². The summed E-state index contributed by atoms with van der Waals surface area (Å²) in [4.78, 5) is 0. The molecule has 0 spiro atoms. The maximum absolute atomic E-state index is 9.68. The fourth-order valence-corrected chi connectivity index (χ4v) is 3.11. The molecule has 0 aromatic rings. The predicted octanol–water partition coefficient (Wildman–Crippen LogP) is 7.17. The van der Waals surface area contributed by atoms with Crippen LogP contribution in [0, 0.1) is 0 Å². The number of aliphatic hydroxyl groups excluding tert-OH is 1.